The van der Waals surface area contributed by atoms with Crippen LogP contribution in [-0.2, 0) is 0 Å². The van der Waals surface area contributed by atoms with Crippen molar-refractivity contribution in [3.8, 4) is 0 Å². The van der Waals surface area contributed by atoms with E-state index in [1.165, 1.54) is 11.3 Å². The monoisotopic (exact) mass is 333 g/mol. The minimum absolute atomic E-state index is 0.175. The molecule has 92 valence electrons. The zero-order valence-corrected chi connectivity index (χ0v) is 12.4. The highest BCUT2D eigenvalue weighted by Gasteiger charge is 2.42. The van der Waals surface area contributed by atoms with Gasteiger partial charge in [-0.15, -0.1) is 11.3 Å². The number of piperidine rings is 1. The van der Waals surface area contributed by atoms with Gasteiger partial charge in [0.05, 0.1) is 9.21 Å². The largest absolute Gasteiger partial charge is 0.332 e. The summed E-state index contributed by atoms with van der Waals surface area (Å²) < 4.78 is 0.691. The topological polar surface area (TPSA) is 20.3 Å². The predicted octanol–water partition coefficient (Wildman–Crippen LogP) is 3.93. The van der Waals surface area contributed by atoms with Crippen LogP contribution in [0.4, 0.5) is 0 Å². The standard InChI is InChI=1S/C12H13BrClNOS/c13-7-5-8-1-2-9(6-7)15(8)12(16)10-3-4-11(14)17-10/h3-4,7-9H,1-2,5-6H2. The maximum absolute atomic E-state index is 12.4. The molecular formula is C12H13BrClNOS. The van der Waals surface area contributed by atoms with Crippen molar-refractivity contribution in [2.24, 2.45) is 0 Å². The normalized spacial score (nSPS) is 31.9. The van der Waals surface area contributed by atoms with Crippen molar-refractivity contribution < 1.29 is 4.79 Å². The number of fused-ring (bicyclic) bond motifs is 2. The van der Waals surface area contributed by atoms with Crippen molar-refractivity contribution in [1.82, 2.24) is 4.90 Å². The van der Waals surface area contributed by atoms with Crippen LogP contribution in [0.2, 0.25) is 4.34 Å². The first kappa shape index (κ1) is 12.0. The molecule has 0 saturated carbocycles. The third-order valence-electron chi connectivity index (χ3n) is 3.69. The Bertz CT molecular complexity index is 435. The molecule has 2 atom stereocenters. The second kappa shape index (κ2) is 4.56. The molecule has 1 aromatic rings. The molecule has 2 aliphatic rings. The maximum Gasteiger partial charge on any atom is 0.264 e. The highest BCUT2D eigenvalue weighted by molar-refractivity contribution is 9.09. The average molecular weight is 335 g/mol. The first-order valence-corrected chi connectivity index (χ1v) is 7.98. The van der Waals surface area contributed by atoms with Gasteiger partial charge in [0.15, 0.2) is 0 Å². The number of carbonyl (C=O) groups is 1. The number of amides is 1. The van der Waals surface area contributed by atoms with Crippen LogP contribution in [0.25, 0.3) is 0 Å². The van der Waals surface area contributed by atoms with Gasteiger partial charge in [0.1, 0.15) is 0 Å². The van der Waals surface area contributed by atoms with E-state index in [1.54, 1.807) is 6.07 Å². The minimum Gasteiger partial charge on any atom is -0.332 e. The van der Waals surface area contributed by atoms with Crippen molar-refractivity contribution in [1.29, 1.82) is 0 Å². The van der Waals surface area contributed by atoms with Crippen molar-refractivity contribution in [2.75, 3.05) is 0 Å². The van der Waals surface area contributed by atoms with Crippen LogP contribution in [-0.4, -0.2) is 27.7 Å². The number of carbonyl (C=O) groups excluding carboxylic acids is 1. The number of hydrogen-bond donors (Lipinski definition) is 0. The number of halogens is 2. The maximum atomic E-state index is 12.4. The number of rotatable bonds is 1. The Morgan fingerprint density at radius 1 is 1.35 bits per heavy atom. The Hall–Kier alpha value is -0.0600. The molecule has 0 aliphatic carbocycles. The Morgan fingerprint density at radius 2 is 2.00 bits per heavy atom. The van der Waals surface area contributed by atoms with E-state index in [9.17, 15) is 4.79 Å². The lowest BCUT2D eigenvalue weighted by atomic mass is 10.0. The van der Waals surface area contributed by atoms with Gasteiger partial charge in [-0.3, -0.25) is 4.79 Å². The molecule has 0 N–H and O–H groups in total. The van der Waals surface area contributed by atoms with Crippen LogP contribution in [0.15, 0.2) is 12.1 Å². The zero-order chi connectivity index (χ0) is 12.0. The van der Waals surface area contributed by atoms with E-state index >= 15 is 0 Å². The molecule has 3 heterocycles. The second-order valence-corrected chi connectivity index (χ2v) is 7.78. The molecule has 0 aromatic carbocycles. The molecule has 2 fully saturated rings. The molecule has 3 rings (SSSR count). The third-order valence-corrected chi connectivity index (χ3v) is 5.66. The zero-order valence-electron chi connectivity index (χ0n) is 9.23. The lowest BCUT2D eigenvalue weighted by molar-refractivity contribution is 0.0608. The molecule has 5 heteroatoms. The molecule has 2 nitrogen and oxygen atoms in total. The average Bonchev–Trinajstić information content (AvgIpc) is 2.81. The van der Waals surface area contributed by atoms with E-state index in [1.807, 2.05) is 6.07 Å². The smallest absolute Gasteiger partial charge is 0.264 e. The van der Waals surface area contributed by atoms with Gasteiger partial charge < -0.3 is 4.90 Å². The van der Waals surface area contributed by atoms with Gasteiger partial charge >= 0.3 is 0 Å². The summed E-state index contributed by atoms with van der Waals surface area (Å²) >= 11 is 11.0. The van der Waals surface area contributed by atoms with Crippen LogP contribution in [0.5, 0.6) is 0 Å². The Kier molecular flexibility index (Phi) is 3.22. The molecule has 1 aromatic heterocycles. The fourth-order valence-corrected chi connectivity index (χ4v) is 4.85. The lowest BCUT2D eigenvalue weighted by Gasteiger charge is -2.36. The van der Waals surface area contributed by atoms with Crippen molar-refractivity contribution in [3.05, 3.63) is 21.3 Å². The molecule has 1 amide bonds. The Morgan fingerprint density at radius 3 is 2.53 bits per heavy atom. The second-order valence-electron chi connectivity index (χ2n) is 4.77. The van der Waals surface area contributed by atoms with E-state index in [0.717, 1.165) is 30.6 Å². The third kappa shape index (κ3) is 2.15. The number of nitrogens with zero attached hydrogens (tertiary/aromatic N) is 1. The fraction of sp³-hybridized carbons (Fsp3) is 0.583. The predicted molar refractivity (Wildman–Crippen MR) is 74.3 cm³/mol. The molecule has 2 unspecified atom stereocenters. The molecule has 2 saturated heterocycles. The van der Waals surface area contributed by atoms with Crippen LogP contribution in [0.1, 0.15) is 35.4 Å². The molecule has 17 heavy (non-hydrogen) atoms. The van der Waals surface area contributed by atoms with Crippen LogP contribution < -0.4 is 0 Å². The van der Waals surface area contributed by atoms with Crippen molar-refractivity contribution in [2.45, 2.75) is 42.6 Å². The Balaban J connectivity index is 1.83. The fourth-order valence-electron chi connectivity index (χ4n) is 3.00. The Labute approximate surface area is 118 Å². The van der Waals surface area contributed by atoms with Gasteiger partial charge in [0, 0.05) is 16.9 Å². The molecule has 2 bridgehead atoms. The first-order chi connectivity index (χ1) is 8.15. The van der Waals surface area contributed by atoms with Gasteiger partial charge in [0.2, 0.25) is 0 Å². The molecule has 2 aliphatic heterocycles. The SMILES string of the molecule is O=C(c1ccc(Cl)s1)N1C2CCC1CC(Br)C2. The highest BCUT2D eigenvalue weighted by atomic mass is 79.9. The van der Waals surface area contributed by atoms with Gasteiger partial charge in [-0.05, 0) is 37.8 Å². The summed E-state index contributed by atoms with van der Waals surface area (Å²) in [6, 6.07) is 4.49. The van der Waals surface area contributed by atoms with E-state index < -0.39 is 0 Å². The van der Waals surface area contributed by atoms with Crippen LogP contribution in [0.3, 0.4) is 0 Å². The van der Waals surface area contributed by atoms with Crippen molar-refractivity contribution >= 4 is 44.8 Å². The van der Waals surface area contributed by atoms with Gasteiger partial charge in [-0.25, -0.2) is 0 Å². The summed E-state index contributed by atoms with van der Waals surface area (Å²) in [4.78, 5) is 15.9. The number of hydrogen-bond acceptors (Lipinski definition) is 2. The quantitative estimate of drug-likeness (QED) is 0.713. The van der Waals surface area contributed by atoms with E-state index in [-0.39, 0.29) is 5.91 Å². The number of alkyl halides is 1. The van der Waals surface area contributed by atoms with E-state index in [4.69, 9.17) is 11.6 Å². The summed E-state index contributed by atoms with van der Waals surface area (Å²) in [5.74, 6) is 0.175. The first-order valence-electron chi connectivity index (χ1n) is 5.87. The van der Waals surface area contributed by atoms with Crippen molar-refractivity contribution in [3.63, 3.8) is 0 Å². The minimum atomic E-state index is 0.175. The van der Waals surface area contributed by atoms with E-state index in [2.05, 4.69) is 20.8 Å². The van der Waals surface area contributed by atoms with Gasteiger partial charge in [-0.1, -0.05) is 27.5 Å². The summed E-state index contributed by atoms with van der Waals surface area (Å²) in [7, 11) is 0. The summed E-state index contributed by atoms with van der Waals surface area (Å²) in [5.41, 5.74) is 0. The van der Waals surface area contributed by atoms with Gasteiger partial charge in [-0.2, -0.15) is 0 Å². The van der Waals surface area contributed by atoms with Crippen LogP contribution >= 0.6 is 38.9 Å². The summed E-state index contributed by atoms with van der Waals surface area (Å²) in [5, 5.41) is 0. The van der Waals surface area contributed by atoms with Crippen LogP contribution in [0, 0.1) is 0 Å². The highest BCUT2D eigenvalue weighted by Crippen LogP contribution is 2.40. The number of thiophene rings is 1. The van der Waals surface area contributed by atoms with Gasteiger partial charge in [0.25, 0.3) is 5.91 Å². The summed E-state index contributed by atoms with van der Waals surface area (Å²) in [6.45, 7) is 0. The molecular weight excluding hydrogens is 322 g/mol. The summed E-state index contributed by atoms with van der Waals surface area (Å²) in [6.07, 6.45) is 4.47. The van der Waals surface area contributed by atoms with E-state index in [0.29, 0.717) is 21.2 Å². The molecule has 0 radical (unpaired) electrons. The lowest BCUT2D eigenvalue weighted by Crippen LogP contribution is -2.46. The molecule has 0 spiro atoms.